The zero-order valence-corrected chi connectivity index (χ0v) is 11.5. The Morgan fingerprint density at radius 2 is 2.30 bits per heavy atom. The van der Waals surface area contributed by atoms with Gasteiger partial charge >= 0.3 is 6.03 Å². The van der Waals surface area contributed by atoms with E-state index in [1.165, 1.54) is 12.1 Å². The molecular weight excluding hydrogens is 258 g/mol. The minimum Gasteiger partial charge on any atom is -0.322 e. The van der Waals surface area contributed by atoms with Crippen LogP contribution in [0.2, 0.25) is 0 Å². The number of hydrogen-bond acceptors (Lipinski definition) is 3. The molecule has 1 aromatic carbocycles. The van der Waals surface area contributed by atoms with Gasteiger partial charge in [0.05, 0.1) is 4.92 Å². The molecule has 20 heavy (non-hydrogen) atoms. The van der Waals surface area contributed by atoms with Crippen LogP contribution in [0.1, 0.15) is 32.6 Å². The SMILES string of the molecule is CCC1CCCCN1C(=O)Nc1cccc([N+](=O)[O-])c1. The lowest BCUT2D eigenvalue weighted by molar-refractivity contribution is -0.384. The Bertz CT molecular complexity index is 504. The number of rotatable bonds is 3. The van der Waals surface area contributed by atoms with Gasteiger partial charge in [-0.25, -0.2) is 4.79 Å². The van der Waals surface area contributed by atoms with Gasteiger partial charge in [-0.15, -0.1) is 0 Å². The van der Waals surface area contributed by atoms with Crippen molar-refractivity contribution in [1.82, 2.24) is 4.90 Å². The van der Waals surface area contributed by atoms with Gasteiger partial charge in [-0.3, -0.25) is 10.1 Å². The van der Waals surface area contributed by atoms with Crippen LogP contribution in [0.3, 0.4) is 0 Å². The standard InChI is InChI=1S/C14H19N3O3/c1-2-12-7-3-4-9-16(12)14(18)15-11-6-5-8-13(10-11)17(19)20/h5-6,8,10,12H,2-4,7,9H2,1H3,(H,15,18). The fraction of sp³-hybridized carbons (Fsp3) is 0.500. The van der Waals surface area contributed by atoms with Crippen molar-refractivity contribution in [2.45, 2.75) is 38.6 Å². The summed E-state index contributed by atoms with van der Waals surface area (Å²) in [5.74, 6) is 0. The van der Waals surface area contributed by atoms with Gasteiger partial charge in [0.15, 0.2) is 0 Å². The highest BCUT2D eigenvalue weighted by molar-refractivity contribution is 5.90. The number of piperidine rings is 1. The topological polar surface area (TPSA) is 75.5 Å². The Morgan fingerprint density at radius 3 is 3.00 bits per heavy atom. The molecule has 1 heterocycles. The maximum atomic E-state index is 12.3. The van der Waals surface area contributed by atoms with E-state index in [1.54, 1.807) is 12.1 Å². The summed E-state index contributed by atoms with van der Waals surface area (Å²) in [4.78, 5) is 24.4. The Balaban J connectivity index is 2.06. The average Bonchev–Trinajstić information content (AvgIpc) is 2.47. The molecule has 0 aromatic heterocycles. The third-order valence-electron chi connectivity index (χ3n) is 3.67. The van der Waals surface area contributed by atoms with Crippen LogP contribution in [0.15, 0.2) is 24.3 Å². The largest absolute Gasteiger partial charge is 0.322 e. The van der Waals surface area contributed by atoms with Crippen LogP contribution in [-0.4, -0.2) is 28.4 Å². The van der Waals surface area contributed by atoms with Crippen LogP contribution in [0, 0.1) is 10.1 Å². The molecule has 0 aliphatic carbocycles. The quantitative estimate of drug-likeness (QED) is 0.679. The van der Waals surface area contributed by atoms with Gasteiger partial charge < -0.3 is 10.2 Å². The second kappa shape index (κ2) is 6.36. The number of carbonyl (C=O) groups is 1. The second-order valence-corrected chi connectivity index (χ2v) is 4.99. The van der Waals surface area contributed by atoms with E-state index in [2.05, 4.69) is 12.2 Å². The van der Waals surface area contributed by atoms with E-state index < -0.39 is 4.92 Å². The number of benzene rings is 1. The van der Waals surface area contributed by atoms with Crippen molar-refractivity contribution in [1.29, 1.82) is 0 Å². The van der Waals surface area contributed by atoms with E-state index in [4.69, 9.17) is 0 Å². The zero-order chi connectivity index (χ0) is 14.5. The summed E-state index contributed by atoms with van der Waals surface area (Å²) in [5.41, 5.74) is 0.443. The molecule has 1 unspecified atom stereocenters. The predicted octanol–water partition coefficient (Wildman–Crippen LogP) is 3.39. The summed E-state index contributed by atoms with van der Waals surface area (Å²) >= 11 is 0. The van der Waals surface area contributed by atoms with Crippen LogP contribution in [0.5, 0.6) is 0 Å². The number of urea groups is 1. The van der Waals surface area contributed by atoms with E-state index in [-0.39, 0.29) is 17.8 Å². The summed E-state index contributed by atoms with van der Waals surface area (Å²) < 4.78 is 0. The molecule has 6 nitrogen and oxygen atoms in total. The lowest BCUT2D eigenvalue weighted by atomic mass is 10.0. The first-order valence-corrected chi connectivity index (χ1v) is 6.94. The molecule has 2 rings (SSSR count). The highest BCUT2D eigenvalue weighted by atomic mass is 16.6. The number of nitrogens with one attached hydrogen (secondary N) is 1. The van der Waals surface area contributed by atoms with Crippen LogP contribution < -0.4 is 5.32 Å². The number of non-ortho nitro benzene ring substituents is 1. The minimum atomic E-state index is -0.467. The molecule has 6 heteroatoms. The van der Waals surface area contributed by atoms with Crippen LogP contribution in [-0.2, 0) is 0 Å². The van der Waals surface area contributed by atoms with Gasteiger partial charge in [-0.1, -0.05) is 13.0 Å². The van der Waals surface area contributed by atoms with Crippen molar-refractivity contribution in [2.75, 3.05) is 11.9 Å². The number of amides is 2. The van der Waals surface area contributed by atoms with E-state index in [0.29, 0.717) is 5.69 Å². The molecule has 0 saturated carbocycles. The first kappa shape index (κ1) is 14.3. The number of nitro groups is 1. The minimum absolute atomic E-state index is 0.0199. The summed E-state index contributed by atoms with van der Waals surface area (Å²) in [5, 5.41) is 13.5. The number of likely N-dealkylation sites (tertiary alicyclic amines) is 1. The molecule has 1 N–H and O–H groups in total. The maximum absolute atomic E-state index is 12.3. The highest BCUT2D eigenvalue weighted by Gasteiger charge is 2.25. The molecule has 2 amide bonds. The summed E-state index contributed by atoms with van der Waals surface area (Å²) in [6, 6.07) is 6.12. The van der Waals surface area contributed by atoms with Crippen molar-refractivity contribution in [3.63, 3.8) is 0 Å². The smallest absolute Gasteiger partial charge is 0.322 e. The Morgan fingerprint density at radius 1 is 1.50 bits per heavy atom. The molecule has 108 valence electrons. The molecule has 1 aliphatic rings. The zero-order valence-electron chi connectivity index (χ0n) is 11.5. The van der Waals surface area contributed by atoms with Crippen molar-refractivity contribution in [2.24, 2.45) is 0 Å². The summed E-state index contributed by atoms with van der Waals surface area (Å²) in [7, 11) is 0. The van der Waals surface area contributed by atoms with Crippen LogP contribution in [0.4, 0.5) is 16.2 Å². The van der Waals surface area contributed by atoms with Crippen molar-refractivity contribution in [3.05, 3.63) is 34.4 Å². The second-order valence-electron chi connectivity index (χ2n) is 4.99. The molecular formula is C14H19N3O3. The first-order chi connectivity index (χ1) is 9.61. The van der Waals surface area contributed by atoms with Gasteiger partial charge in [0.2, 0.25) is 0 Å². The van der Waals surface area contributed by atoms with Crippen LogP contribution >= 0.6 is 0 Å². The van der Waals surface area contributed by atoms with E-state index in [9.17, 15) is 14.9 Å². The molecule has 0 bridgehead atoms. The molecule has 0 spiro atoms. The third-order valence-corrected chi connectivity index (χ3v) is 3.67. The monoisotopic (exact) mass is 277 g/mol. The molecule has 1 saturated heterocycles. The number of nitro benzene ring substituents is 1. The molecule has 1 aromatic rings. The fourth-order valence-electron chi connectivity index (χ4n) is 2.58. The molecule has 1 atom stereocenters. The van der Waals surface area contributed by atoms with Gasteiger partial charge in [0, 0.05) is 30.4 Å². The number of nitrogens with zero attached hydrogens (tertiary/aromatic N) is 2. The molecule has 0 radical (unpaired) electrons. The average molecular weight is 277 g/mol. The Hall–Kier alpha value is -2.11. The first-order valence-electron chi connectivity index (χ1n) is 6.94. The highest BCUT2D eigenvalue weighted by Crippen LogP contribution is 2.22. The normalized spacial score (nSPS) is 18.6. The van der Waals surface area contributed by atoms with Crippen molar-refractivity contribution >= 4 is 17.4 Å². The van der Waals surface area contributed by atoms with Crippen molar-refractivity contribution in [3.8, 4) is 0 Å². The Kier molecular flexibility index (Phi) is 4.55. The number of hydrogen-bond donors (Lipinski definition) is 1. The van der Waals surface area contributed by atoms with Gasteiger partial charge in [-0.2, -0.15) is 0 Å². The number of carbonyl (C=O) groups excluding carboxylic acids is 1. The van der Waals surface area contributed by atoms with Crippen molar-refractivity contribution < 1.29 is 9.72 Å². The predicted molar refractivity (Wildman–Crippen MR) is 76.8 cm³/mol. The Labute approximate surface area is 117 Å². The van der Waals surface area contributed by atoms with Gasteiger partial charge in [-0.05, 0) is 31.7 Å². The molecule has 1 fully saturated rings. The maximum Gasteiger partial charge on any atom is 0.322 e. The van der Waals surface area contributed by atoms with E-state index in [1.807, 2.05) is 4.90 Å². The van der Waals surface area contributed by atoms with E-state index in [0.717, 1.165) is 32.2 Å². The fourth-order valence-corrected chi connectivity index (χ4v) is 2.58. The lowest BCUT2D eigenvalue weighted by Crippen LogP contribution is -2.45. The molecule has 1 aliphatic heterocycles. The summed E-state index contributed by atoms with van der Waals surface area (Å²) in [6.45, 7) is 2.82. The van der Waals surface area contributed by atoms with E-state index >= 15 is 0 Å². The third kappa shape index (κ3) is 3.26. The summed E-state index contributed by atoms with van der Waals surface area (Å²) in [6.07, 6.45) is 4.12. The number of anilines is 1. The van der Waals surface area contributed by atoms with Crippen LogP contribution in [0.25, 0.3) is 0 Å². The lowest BCUT2D eigenvalue weighted by Gasteiger charge is -2.35. The van der Waals surface area contributed by atoms with Gasteiger partial charge in [0.25, 0.3) is 5.69 Å². The van der Waals surface area contributed by atoms with Gasteiger partial charge in [0.1, 0.15) is 0 Å².